The van der Waals surface area contributed by atoms with Gasteiger partial charge in [-0.2, -0.15) is 8.78 Å². The fraction of sp³-hybridized carbons (Fsp3) is 0.562. The third-order valence-corrected chi connectivity index (χ3v) is 3.39. The van der Waals surface area contributed by atoms with E-state index in [1.807, 2.05) is 13.8 Å². The Balaban J connectivity index is 2.76. The zero-order valence-electron chi connectivity index (χ0n) is 14.7. The summed E-state index contributed by atoms with van der Waals surface area (Å²) < 4.78 is 40.0. The maximum atomic E-state index is 12.5. The van der Waals surface area contributed by atoms with E-state index in [0.29, 0.717) is 23.8 Å². The summed E-state index contributed by atoms with van der Waals surface area (Å²) in [4.78, 5) is 4.09. The standard InChI is InChI=1S/C16H25F2N3O3/c1-16(2,23-5)10-21-15(19-3)20-9-11-8-12(22-4)6-7-13(11)24-14(17)18/h6-8,14H,9-10H2,1-5H3,(H2,19,20,21). The van der Waals surface area contributed by atoms with Gasteiger partial charge in [0.15, 0.2) is 5.96 Å². The van der Waals surface area contributed by atoms with Gasteiger partial charge in [0.05, 0.1) is 12.7 Å². The Labute approximate surface area is 141 Å². The van der Waals surface area contributed by atoms with Crippen LogP contribution in [0.15, 0.2) is 23.2 Å². The number of hydrogen-bond donors (Lipinski definition) is 2. The summed E-state index contributed by atoms with van der Waals surface area (Å²) in [5.74, 6) is 1.16. The first-order chi connectivity index (χ1) is 11.3. The summed E-state index contributed by atoms with van der Waals surface area (Å²) in [6.07, 6.45) is 0. The number of rotatable bonds is 8. The van der Waals surface area contributed by atoms with Crippen LogP contribution in [0.5, 0.6) is 11.5 Å². The molecule has 0 spiro atoms. The molecule has 0 heterocycles. The first kappa shape index (κ1) is 20.0. The summed E-state index contributed by atoms with van der Waals surface area (Å²) in [7, 11) is 4.76. The average Bonchev–Trinajstić information content (AvgIpc) is 2.55. The van der Waals surface area contributed by atoms with Crippen LogP contribution in [-0.2, 0) is 11.3 Å². The van der Waals surface area contributed by atoms with Gasteiger partial charge in [-0.1, -0.05) is 0 Å². The number of aliphatic imine (C=N–C) groups is 1. The zero-order chi connectivity index (χ0) is 18.2. The molecule has 0 bridgehead atoms. The van der Waals surface area contributed by atoms with Crippen LogP contribution in [0.3, 0.4) is 0 Å². The topological polar surface area (TPSA) is 64.1 Å². The normalized spacial score (nSPS) is 12.2. The molecule has 0 saturated carbocycles. The van der Waals surface area contributed by atoms with Crippen molar-refractivity contribution in [2.45, 2.75) is 32.6 Å². The van der Waals surface area contributed by atoms with Crippen molar-refractivity contribution < 1.29 is 23.0 Å². The number of guanidine groups is 1. The smallest absolute Gasteiger partial charge is 0.387 e. The molecule has 0 saturated heterocycles. The molecule has 0 fully saturated rings. The minimum absolute atomic E-state index is 0.0889. The highest BCUT2D eigenvalue weighted by atomic mass is 19.3. The largest absolute Gasteiger partial charge is 0.497 e. The van der Waals surface area contributed by atoms with Crippen molar-refractivity contribution >= 4 is 5.96 Å². The molecular formula is C16H25F2N3O3. The number of alkyl halides is 2. The van der Waals surface area contributed by atoms with Gasteiger partial charge < -0.3 is 24.8 Å². The van der Waals surface area contributed by atoms with Crippen LogP contribution in [0.25, 0.3) is 0 Å². The van der Waals surface area contributed by atoms with Crippen LogP contribution >= 0.6 is 0 Å². The van der Waals surface area contributed by atoms with Crippen molar-refractivity contribution in [2.75, 3.05) is 27.8 Å². The number of ether oxygens (including phenoxy) is 3. The molecule has 0 aliphatic heterocycles. The molecule has 2 N–H and O–H groups in total. The predicted molar refractivity (Wildman–Crippen MR) is 88.9 cm³/mol. The quantitative estimate of drug-likeness (QED) is 0.559. The first-order valence-electron chi connectivity index (χ1n) is 7.42. The highest BCUT2D eigenvalue weighted by molar-refractivity contribution is 5.79. The Morgan fingerprint density at radius 3 is 2.50 bits per heavy atom. The molecule has 8 heteroatoms. The van der Waals surface area contributed by atoms with Gasteiger partial charge >= 0.3 is 6.61 Å². The lowest BCUT2D eigenvalue weighted by Crippen LogP contribution is -2.45. The van der Waals surface area contributed by atoms with Gasteiger partial charge in [-0.3, -0.25) is 4.99 Å². The van der Waals surface area contributed by atoms with Crippen molar-refractivity contribution in [3.63, 3.8) is 0 Å². The van der Waals surface area contributed by atoms with E-state index in [1.54, 1.807) is 26.3 Å². The Morgan fingerprint density at radius 1 is 1.25 bits per heavy atom. The number of benzene rings is 1. The Morgan fingerprint density at radius 2 is 1.96 bits per heavy atom. The second kappa shape index (κ2) is 9.27. The van der Waals surface area contributed by atoms with Gasteiger partial charge in [0, 0.05) is 32.8 Å². The van der Waals surface area contributed by atoms with Crippen LogP contribution in [0, 0.1) is 0 Å². The lowest BCUT2D eigenvalue weighted by molar-refractivity contribution is -0.0505. The Hall–Kier alpha value is -2.09. The average molecular weight is 345 g/mol. The number of methoxy groups -OCH3 is 2. The summed E-state index contributed by atoms with van der Waals surface area (Å²) in [6.45, 7) is 1.75. The van der Waals surface area contributed by atoms with E-state index in [1.165, 1.54) is 13.2 Å². The molecule has 1 rings (SSSR count). The minimum atomic E-state index is -2.89. The minimum Gasteiger partial charge on any atom is -0.497 e. The van der Waals surface area contributed by atoms with E-state index < -0.39 is 6.61 Å². The van der Waals surface area contributed by atoms with E-state index in [2.05, 4.69) is 20.4 Å². The van der Waals surface area contributed by atoms with Crippen LogP contribution in [0.4, 0.5) is 8.78 Å². The monoisotopic (exact) mass is 345 g/mol. The maximum absolute atomic E-state index is 12.5. The summed E-state index contributed by atoms with van der Waals surface area (Å²) in [5.41, 5.74) is 0.168. The molecule has 0 atom stereocenters. The molecule has 0 amide bonds. The van der Waals surface area contributed by atoms with E-state index >= 15 is 0 Å². The number of nitrogens with zero attached hydrogens (tertiary/aromatic N) is 1. The number of halogens is 2. The van der Waals surface area contributed by atoms with Crippen molar-refractivity contribution in [2.24, 2.45) is 4.99 Å². The number of hydrogen-bond acceptors (Lipinski definition) is 4. The fourth-order valence-electron chi connectivity index (χ4n) is 1.80. The van der Waals surface area contributed by atoms with E-state index in [4.69, 9.17) is 9.47 Å². The van der Waals surface area contributed by atoms with Crippen molar-refractivity contribution in [3.8, 4) is 11.5 Å². The second-order valence-electron chi connectivity index (χ2n) is 5.60. The zero-order valence-corrected chi connectivity index (χ0v) is 14.7. The molecular weight excluding hydrogens is 320 g/mol. The Kier molecular flexibility index (Phi) is 7.70. The molecule has 0 aliphatic carbocycles. The summed E-state index contributed by atoms with van der Waals surface area (Å²) in [5, 5.41) is 6.16. The molecule has 0 unspecified atom stereocenters. The second-order valence-corrected chi connectivity index (χ2v) is 5.60. The third-order valence-electron chi connectivity index (χ3n) is 3.39. The predicted octanol–water partition coefficient (Wildman–Crippen LogP) is 2.39. The lowest BCUT2D eigenvalue weighted by Gasteiger charge is -2.24. The summed E-state index contributed by atoms with van der Waals surface area (Å²) in [6, 6.07) is 4.65. The van der Waals surface area contributed by atoms with E-state index in [0.717, 1.165) is 0 Å². The third kappa shape index (κ3) is 6.57. The van der Waals surface area contributed by atoms with E-state index in [-0.39, 0.29) is 17.9 Å². The molecule has 6 nitrogen and oxygen atoms in total. The lowest BCUT2D eigenvalue weighted by atomic mass is 10.1. The van der Waals surface area contributed by atoms with E-state index in [9.17, 15) is 8.78 Å². The van der Waals surface area contributed by atoms with Crippen LogP contribution in [0.1, 0.15) is 19.4 Å². The van der Waals surface area contributed by atoms with Crippen molar-refractivity contribution in [1.82, 2.24) is 10.6 Å². The molecule has 0 aliphatic rings. The van der Waals surface area contributed by atoms with Gasteiger partial charge in [-0.05, 0) is 32.0 Å². The molecule has 136 valence electrons. The molecule has 1 aromatic rings. The molecule has 0 radical (unpaired) electrons. The summed E-state index contributed by atoms with van der Waals surface area (Å²) >= 11 is 0. The van der Waals surface area contributed by atoms with Gasteiger partial charge in [-0.25, -0.2) is 0 Å². The van der Waals surface area contributed by atoms with Crippen LogP contribution < -0.4 is 20.1 Å². The van der Waals surface area contributed by atoms with Crippen molar-refractivity contribution in [3.05, 3.63) is 23.8 Å². The maximum Gasteiger partial charge on any atom is 0.387 e. The van der Waals surface area contributed by atoms with Gasteiger partial charge in [0.1, 0.15) is 11.5 Å². The van der Waals surface area contributed by atoms with Crippen LogP contribution in [-0.4, -0.2) is 46.0 Å². The highest BCUT2D eigenvalue weighted by Gasteiger charge is 2.17. The van der Waals surface area contributed by atoms with Crippen LogP contribution in [0.2, 0.25) is 0 Å². The van der Waals surface area contributed by atoms with Gasteiger partial charge in [-0.15, -0.1) is 0 Å². The van der Waals surface area contributed by atoms with Crippen molar-refractivity contribution in [1.29, 1.82) is 0 Å². The molecule has 0 aromatic heterocycles. The van der Waals surface area contributed by atoms with Gasteiger partial charge in [0.25, 0.3) is 0 Å². The SMILES string of the molecule is CN=C(NCc1cc(OC)ccc1OC(F)F)NCC(C)(C)OC. The number of nitrogens with one attached hydrogen (secondary N) is 2. The highest BCUT2D eigenvalue weighted by Crippen LogP contribution is 2.25. The fourth-order valence-corrected chi connectivity index (χ4v) is 1.80. The van der Waals surface area contributed by atoms with Gasteiger partial charge in [0.2, 0.25) is 0 Å². The first-order valence-corrected chi connectivity index (χ1v) is 7.42. The molecule has 1 aromatic carbocycles. The molecule has 24 heavy (non-hydrogen) atoms. The Bertz CT molecular complexity index is 551.